The van der Waals surface area contributed by atoms with E-state index in [0.717, 1.165) is 16.8 Å². The van der Waals surface area contributed by atoms with E-state index in [1.165, 1.54) is 36.0 Å². The van der Waals surface area contributed by atoms with Gasteiger partial charge in [-0.3, -0.25) is 0 Å². The normalized spacial score (nSPS) is 11.6. The molecule has 0 aliphatic heterocycles. The Morgan fingerprint density at radius 1 is 1.04 bits per heavy atom. The van der Waals surface area contributed by atoms with E-state index in [0.29, 0.717) is 10.9 Å². The molecule has 0 saturated carbocycles. The zero-order valence-corrected chi connectivity index (χ0v) is 14.3. The fraction of sp³-hybridized carbons (Fsp3) is 0.0625. The molecule has 5 nitrogen and oxygen atoms in total. The molecule has 1 aromatic heterocycles. The van der Waals surface area contributed by atoms with Gasteiger partial charge in [-0.2, -0.15) is 0 Å². The summed E-state index contributed by atoms with van der Waals surface area (Å²) in [5, 5.41) is 5.83. The number of aromatic nitrogens is 2. The van der Waals surface area contributed by atoms with Gasteiger partial charge in [0, 0.05) is 11.1 Å². The Morgan fingerprint density at radius 3 is 2.17 bits per heavy atom. The number of nitrogens with zero attached hydrogens (tertiary/aromatic N) is 1. The molecule has 0 spiro atoms. The van der Waals surface area contributed by atoms with Crippen LogP contribution in [0, 0.1) is 5.82 Å². The fourth-order valence-electron chi connectivity index (χ4n) is 2.29. The Morgan fingerprint density at radius 2 is 1.62 bits per heavy atom. The summed E-state index contributed by atoms with van der Waals surface area (Å²) in [6, 6.07) is 12.2. The predicted octanol–water partition coefficient (Wildman–Crippen LogP) is 3.25. The van der Waals surface area contributed by atoms with Crippen LogP contribution in [0.25, 0.3) is 22.5 Å². The van der Waals surface area contributed by atoms with E-state index in [2.05, 4.69) is 9.97 Å². The summed E-state index contributed by atoms with van der Waals surface area (Å²) in [6.45, 7) is 0. The number of benzene rings is 2. The molecule has 0 radical (unpaired) electrons. The lowest BCUT2D eigenvalue weighted by Crippen LogP contribution is -2.11. The molecule has 3 aromatic rings. The molecule has 0 bridgehead atoms. The van der Waals surface area contributed by atoms with Crippen LogP contribution in [0.15, 0.2) is 58.6 Å². The lowest BCUT2D eigenvalue weighted by atomic mass is 10.1. The third-order valence-electron chi connectivity index (χ3n) is 3.46. The molecule has 0 aliphatic carbocycles. The summed E-state index contributed by atoms with van der Waals surface area (Å²) in [4.78, 5) is 7.76. The maximum atomic E-state index is 13.2. The van der Waals surface area contributed by atoms with Crippen LogP contribution in [0.5, 0.6) is 0 Å². The molecule has 0 atom stereocenters. The number of aromatic amines is 1. The van der Waals surface area contributed by atoms with Crippen LogP contribution in [-0.2, 0) is 10.0 Å². The van der Waals surface area contributed by atoms with Crippen molar-refractivity contribution in [1.29, 1.82) is 0 Å². The maximum absolute atomic E-state index is 13.2. The van der Waals surface area contributed by atoms with Crippen LogP contribution in [-0.4, -0.2) is 24.6 Å². The average molecular weight is 363 g/mol. The van der Waals surface area contributed by atoms with E-state index in [1.54, 1.807) is 24.3 Å². The quantitative estimate of drug-likeness (QED) is 0.697. The minimum absolute atomic E-state index is 0.0372. The lowest BCUT2D eigenvalue weighted by Gasteiger charge is -2.04. The number of sulfonamides is 1. The largest absolute Gasteiger partial charge is 0.332 e. The molecule has 0 unspecified atom stereocenters. The van der Waals surface area contributed by atoms with Crippen molar-refractivity contribution in [1.82, 2.24) is 9.97 Å². The Kier molecular flexibility index (Phi) is 4.44. The minimum atomic E-state index is -3.74. The molecule has 3 rings (SSSR count). The molecule has 0 fully saturated rings. The van der Waals surface area contributed by atoms with Gasteiger partial charge in [0.05, 0.1) is 16.3 Å². The first-order chi connectivity index (χ1) is 11.4. The predicted molar refractivity (Wildman–Crippen MR) is 92.6 cm³/mol. The summed E-state index contributed by atoms with van der Waals surface area (Å²) in [6.07, 6.45) is 1.89. The first kappa shape index (κ1) is 16.7. The van der Waals surface area contributed by atoms with Crippen LogP contribution in [0.4, 0.5) is 4.39 Å². The molecule has 1 heterocycles. The lowest BCUT2D eigenvalue weighted by molar-refractivity contribution is 0.598. The molecule has 124 valence electrons. The second kappa shape index (κ2) is 6.39. The van der Waals surface area contributed by atoms with Gasteiger partial charge in [-0.05, 0) is 42.7 Å². The zero-order valence-electron chi connectivity index (χ0n) is 12.7. The highest BCUT2D eigenvalue weighted by Gasteiger charge is 2.15. The third kappa shape index (κ3) is 3.35. The smallest absolute Gasteiger partial charge is 0.238 e. The Labute approximate surface area is 143 Å². The number of nitrogens with one attached hydrogen (secondary N) is 1. The average Bonchev–Trinajstić information content (AvgIpc) is 2.99. The monoisotopic (exact) mass is 363 g/mol. The fourth-order valence-corrected chi connectivity index (χ4v) is 3.19. The van der Waals surface area contributed by atoms with Crippen molar-refractivity contribution in [3.05, 3.63) is 54.3 Å². The number of thioether (sulfide) groups is 1. The van der Waals surface area contributed by atoms with Gasteiger partial charge >= 0.3 is 0 Å². The molecule has 0 saturated heterocycles. The number of imidazole rings is 1. The van der Waals surface area contributed by atoms with E-state index in [9.17, 15) is 12.8 Å². The van der Waals surface area contributed by atoms with Crippen LogP contribution in [0.1, 0.15) is 0 Å². The highest BCUT2D eigenvalue weighted by molar-refractivity contribution is 7.98. The molecule has 2 aromatic carbocycles. The summed E-state index contributed by atoms with van der Waals surface area (Å²) in [5.41, 5.74) is 2.92. The van der Waals surface area contributed by atoms with Crippen molar-refractivity contribution >= 4 is 21.8 Å². The van der Waals surface area contributed by atoms with E-state index in [-0.39, 0.29) is 10.7 Å². The molecule has 3 N–H and O–H groups in total. The van der Waals surface area contributed by atoms with Crippen molar-refractivity contribution < 1.29 is 12.8 Å². The summed E-state index contributed by atoms with van der Waals surface area (Å²) in [5.74, 6) is -0.317. The maximum Gasteiger partial charge on any atom is 0.238 e. The van der Waals surface area contributed by atoms with Crippen molar-refractivity contribution in [2.75, 3.05) is 6.26 Å². The Hall–Kier alpha value is -2.16. The van der Waals surface area contributed by atoms with Crippen molar-refractivity contribution in [3.63, 3.8) is 0 Å². The third-order valence-corrected chi connectivity index (χ3v) is 4.97. The van der Waals surface area contributed by atoms with E-state index in [4.69, 9.17) is 5.14 Å². The molecular weight excluding hydrogens is 349 g/mol. The molecule has 0 amide bonds. The van der Waals surface area contributed by atoms with Crippen LogP contribution < -0.4 is 5.14 Å². The summed E-state index contributed by atoms with van der Waals surface area (Å²) >= 11 is 1.45. The number of H-pyrrole nitrogens is 1. The second-order valence-corrected chi connectivity index (χ2v) is 7.40. The summed E-state index contributed by atoms with van der Waals surface area (Å²) in [7, 11) is -3.74. The van der Waals surface area contributed by atoms with Crippen LogP contribution >= 0.6 is 11.8 Å². The van der Waals surface area contributed by atoms with Gasteiger partial charge in [-0.25, -0.2) is 22.9 Å². The highest BCUT2D eigenvalue weighted by atomic mass is 32.2. The SMILES string of the molecule is CSc1nc(-c2ccc(S(N)(=O)=O)cc2)c(-c2ccc(F)cc2)[nH]1. The second-order valence-electron chi connectivity index (χ2n) is 5.05. The van der Waals surface area contributed by atoms with E-state index < -0.39 is 10.0 Å². The van der Waals surface area contributed by atoms with Gasteiger partial charge < -0.3 is 4.98 Å². The number of hydrogen-bond donors (Lipinski definition) is 2. The van der Waals surface area contributed by atoms with Crippen LogP contribution in [0.3, 0.4) is 0 Å². The van der Waals surface area contributed by atoms with Gasteiger partial charge in [0.1, 0.15) is 5.82 Å². The highest BCUT2D eigenvalue weighted by Crippen LogP contribution is 2.32. The Bertz CT molecular complexity index is 966. The number of nitrogens with two attached hydrogens (primary N) is 1. The minimum Gasteiger partial charge on any atom is -0.332 e. The summed E-state index contributed by atoms with van der Waals surface area (Å²) < 4.78 is 35.9. The zero-order chi connectivity index (χ0) is 17.3. The van der Waals surface area contributed by atoms with Gasteiger partial charge in [0.25, 0.3) is 0 Å². The van der Waals surface area contributed by atoms with E-state index in [1.807, 2.05) is 6.26 Å². The van der Waals surface area contributed by atoms with Gasteiger partial charge in [-0.1, -0.05) is 23.9 Å². The molecule has 0 aliphatic rings. The number of rotatable bonds is 4. The molecule has 8 heteroatoms. The van der Waals surface area contributed by atoms with Crippen molar-refractivity contribution in [3.8, 4) is 22.5 Å². The van der Waals surface area contributed by atoms with Gasteiger partial charge in [-0.15, -0.1) is 0 Å². The van der Waals surface area contributed by atoms with Gasteiger partial charge in [0.15, 0.2) is 5.16 Å². The number of halogens is 1. The van der Waals surface area contributed by atoms with E-state index >= 15 is 0 Å². The molecule has 24 heavy (non-hydrogen) atoms. The number of primary sulfonamides is 1. The van der Waals surface area contributed by atoms with Crippen LogP contribution in [0.2, 0.25) is 0 Å². The van der Waals surface area contributed by atoms with Crippen molar-refractivity contribution in [2.24, 2.45) is 5.14 Å². The topological polar surface area (TPSA) is 88.8 Å². The van der Waals surface area contributed by atoms with Crippen molar-refractivity contribution in [2.45, 2.75) is 10.1 Å². The number of hydrogen-bond acceptors (Lipinski definition) is 4. The first-order valence-electron chi connectivity index (χ1n) is 6.91. The van der Waals surface area contributed by atoms with Gasteiger partial charge in [0.2, 0.25) is 10.0 Å². The first-order valence-corrected chi connectivity index (χ1v) is 9.69. The molecular formula is C16H14FN3O2S2. The Balaban J connectivity index is 2.10. The standard InChI is InChI=1S/C16H14FN3O2S2/c1-23-16-19-14(10-2-6-12(17)7-3-10)15(20-16)11-4-8-13(9-5-11)24(18,21)22/h2-9H,1H3,(H,19,20)(H2,18,21,22).